The van der Waals surface area contributed by atoms with Crippen LogP contribution in [0.25, 0.3) is 0 Å². The Kier molecular flexibility index (Phi) is 8.48. The normalized spacial score (nSPS) is 12.6. The summed E-state index contributed by atoms with van der Waals surface area (Å²) >= 11 is 0. The molecule has 0 amide bonds. The number of benzene rings is 1. The Bertz CT molecular complexity index is 338. The summed E-state index contributed by atoms with van der Waals surface area (Å²) in [6, 6.07) is 7.23. The molecule has 0 spiro atoms. The van der Waals surface area contributed by atoms with Crippen molar-refractivity contribution in [1.29, 1.82) is 0 Å². The smallest absolute Gasteiger partial charge is 0.123 e. The number of hydrogen-bond donors (Lipinski definition) is 1. The Morgan fingerprint density at radius 2 is 1.74 bits per heavy atom. The van der Waals surface area contributed by atoms with E-state index in [1.807, 2.05) is 13.1 Å². The van der Waals surface area contributed by atoms with E-state index in [2.05, 4.69) is 12.2 Å². The largest absolute Gasteiger partial charge is 0.313 e. The lowest BCUT2D eigenvalue weighted by molar-refractivity contribution is 0.493. The van der Waals surface area contributed by atoms with E-state index < -0.39 is 0 Å². The average molecular weight is 265 g/mol. The van der Waals surface area contributed by atoms with Crippen molar-refractivity contribution >= 4 is 0 Å². The van der Waals surface area contributed by atoms with Crippen LogP contribution in [-0.4, -0.2) is 7.05 Å². The van der Waals surface area contributed by atoms with Gasteiger partial charge in [-0.15, -0.1) is 0 Å². The van der Waals surface area contributed by atoms with Crippen LogP contribution < -0.4 is 5.32 Å². The fourth-order valence-corrected chi connectivity index (χ4v) is 2.51. The molecule has 1 nitrogen and oxygen atoms in total. The Balaban J connectivity index is 2.22. The Morgan fingerprint density at radius 3 is 2.37 bits per heavy atom. The van der Waals surface area contributed by atoms with Gasteiger partial charge in [-0.3, -0.25) is 0 Å². The number of nitrogens with one attached hydrogen (secondary N) is 1. The fraction of sp³-hybridized carbons (Fsp3) is 0.647. The predicted octanol–water partition coefficient (Wildman–Crippen LogP) is 5.23. The molecule has 0 radical (unpaired) electrons. The third kappa shape index (κ3) is 6.72. The highest BCUT2D eigenvalue weighted by molar-refractivity contribution is 5.19. The Morgan fingerprint density at radius 1 is 1.05 bits per heavy atom. The molecule has 0 saturated heterocycles. The topological polar surface area (TPSA) is 12.0 Å². The van der Waals surface area contributed by atoms with Crippen LogP contribution >= 0.6 is 0 Å². The van der Waals surface area contributed by atoms with Gasteiger partial charge in [0, 0.05) is 6.04 Å². The van der Waals surface area contributed by atoms with Gasteiger partial charge in [-0.1, -0.05) is 64.0 Å². The number of hydrogen-bond acceptors (Lipinski definition) is 1. The molecule has 1 N–H and O–H groups in total. The molecule has 0 aromatic heterocycles. The zero-order valence-corrected chi connectivity index (χ0v) is 12.4. The van der Waals surface area contributed by atoms with Gasteiger partial charge in [0.05, 0.1) is 0 Å². The van der Waals surface area contributed by atoms with Crippen molar-refractivity contribution in [3.05, 3.63) is 35.6 Å². The summed E-state index contributed by atoms with van der Waals surface area (Å²) in [7, 11) is 1.96. The molecule has 0 aliphatic heterocycles. The van der Waals surface area contributed by atoms with E-state index in [4.69, 9.17) is 0 Å². The monoisotopic (exact) mass is 265 g/mol. The SMILES string of the molecule is CCCCCCCCCC(NC)c1cccc(F)c1. The molecule has 1 rings (SSSR count). The van der Waals surface area contributed by atoms with Crippen molar-refractivity contribution in [3.63, 3.8) is 0 Å². The average Bonchev–Trinajstić information content (AvgIpc) is 2.42. The molecule has 0 saturated carbocycles. The maximum atomic E-state index is 13.2. The van der Waals surface area contributed by atoms with Crippen LogP contribution in [0.5, 0.6) is 0 Å². The first-order chi connectivity index (χ1) is 9.27. The third-order valence-corrected chi connectivity index (χ3v) is 3.70. The van der Waals surface area contributed by atoms with Crippen molar-refractivity contribution in [1.82, 2.24) is 5.32 Å². The van der Waals surface area contributed by atoms with Crippen molar-refractivity contribution in [2.24, 2.45) is 0 Å². The first-order valence-corrected chi connectivity index (χ1v) is 7.70. The molecule has 1 aromatic carbocycles. The van der Waals surface area contributed by atoms with E-state index in [0.717, 1.165) is 12.0 Å². The van der Waals surface area contributed by atoms with Gasteiger partial charge in [-0.25, -0.2) is 4.39 Å². The molecule has 2 heteroatoms. The molecule has 1 atom stereocenters. The lowest BCUT2D eigenvalue weighted by Crippen LogP contribution is -2.16. The maximum Gasteiger partial charge on any atom is 0.123 e. The lowest BCUT2D eigenvalue weighted by Gasteiger charge is -2.16. The minimum atomic E-state index is -0.141. The maximum absolute atomic E-state index is 13.2. The number of rotatable bonds is 10. The van der Waals surface area contributed by atoms with Crippen molar-refractivity contribution in [2.75, 3.05) is 7.05 Å². The quantitative estimate of drug-likeness (QED) is 0.571. The summed E-state index contributed by atoms with van der Waals surface area (Å²) < 4.78 is 13.2. The molecule has 19 heavy (non-hydrogen) atoms. The second-order valence-electron chi connectivity index (χ2n) is 5.31. The van der Waals surface area contributed by atoms with Crippen LogP contribution in [0.15, 0.2) is 24.3 Å². The molecule has 1 aromatic rings. The van der Waals surface area contributed by atoms with E-state index in [1.54, 1.807) is 12.1 Å². The van der Waals surface area contributed by atoms with Crippen LogP contribution in [0.4, 0.5) is 4.39 Å². The second kappa shape index (κ2) is 9.96. The van der Waals surface area contributed by atoms with Crippen LogP contribution in [0.1, 0.15) is 69.9 Å². The molecule has 0 fully saturated rings. The molecular formula is C17H28FN. The summed E-state index contributed by atoms with van der Waals surface area (Å²) in [4.78, 5) is 0. The van der Waals surface area contributed by atoms with E-state index in [9.17, 15) is 4.39 Å². The van der Waals surface area contributed by atoms with Gasteiger partial charge in [0.2, 0.25) is 0 Å². The van der Waals surface area contributed by atoms with E-state index in [0.29, 0.717) is 0 Å². The highest BCUT2D eigenvalue weighted by Gasteiger charge is 2.09. The third-order valence-electron chi connectivity index (χ3n) is 3.70. The van der Waals surface area contributed by atoms with Crippen molar-refractivity contribution < 1.29 is 4.39 Å². The predicted molar refractivity (Wildman–Crippen MR) is 80.8 cm³/mol. The highest BCUT2D eigenvalue weighted by Crippen LogP contribution is 2.20. The van der Waals surface area contributed by atoms with Crippen LogP contribution in [-0.2, 0) is 0 Å². The van der Waals surface area contributed by atoms with Crippen LogP contribution in [0.3, 0.4) is 0 Å². The van der Waals surface area contributed by atoms with Crippen LogP contribution in [0.2, 0.25) is 0 Å². The molecule has 1 unspecified atom stereocenters. The first-order valence-electron chi connectivity index (χ1n) is 7.70. The summed E-state index contributed by atoms with van der Waals surface area (Å²) in [5.41, 5.74) is 1.06. The zero-order chi connectivity index (χ0) is 13.9. The van der Waals surface area contributed by atoms with Crippen molar-refractivity contribution in [2.45, 2.75) is 64.3 Å². The highest BCUT2D eigenvalue weighted by atomic mass is 19.1. The van der Waals surface area contributed by atoms with Crippen LogP contribution in [0, 0.1) is 5.82 Å². The standard InChI is InChI=1S/C17H28FN/c1-3-4-5-6-7-8-9-13-17(19-2)15-11-10-12-16(18)14-15/h10-12,14,17,19H,3-9,13H2,1-2H3. The van der Waals surface area contributed by atoms with Crippen molar-refractivity contribution in [3.8, 4) is 0 Å². The van der Waals surface area contributed by atoms with Gasteiger partial charge in [0.1, 0.15) is 5.82 Å². The van der Waals surface area contributed by atoms with Gasteiger partial charge in [0.15, 0.2) is 0 Å². The molecule has 0 aliphatic rings. The van der Waals surface area contributed by atoms with Gasteiger partial charge in [0.25, 0.3) is 0 Å². The lowest BCUT2D eigenvalue weighted by atomic mass is 9.99. The summed E-state index contributed by atoms with van der Waals surface area (Å²) in [5, 5.41) is 3.29. The van der Waals surface area contributed by atoms with E-state index in [1.165, 1.54) is 51.0 Å². The minimum absolute atomic E-state index is 0.141. The van der Waals surface area contributed by atoms with E-state index >= 15 is 0 Å². The fourth-order valence-electron chi connectivity index (χ4n) is 2.51. The zero-order valence-electron chi connectivity index (χ0n) is 12.4. The van der Waals surface area contributed by atoms with Gasteiger partial charge >= 0.3 is 0 Å². The van der Waals surface area contributed by atoms with Gasteiger partial charge in [-0.05, 0) is 31.2 Å². The summed E-state index contributed by atoms with van der Waals surface area (Å²) in [6.07, 6.45) is 10.3. The number of unbranched alkanes of at least 4 members (excludes halogenated alkanes) is 6. The molecule has 108 valence electrons. The molecular weight excluding hydrogens is 237 g/mol. The van der Waals surface area contributed by atoms with E-state index in [-0.39, 0.29) is 11.9 Å². The molecule has 0 bridgehead atoms. The summed E-state index contributed by atoms with van der Waals surface area (Å²) in [6.45, 7) is 2.25. The Labute approximate surface area is 117 Å². The molecule has 0 heterocycles. The summed E-state index contributed by atoms with van der Waals surface area (Å²) in [5.74, 6) is -0.141. The van der Waals surface area contributed by atoms with Gasteiger partial charge < -0.3 is 5.32 Å². The first kappa shape index (κ1) is 16.2. The minimum Gasteiger partial charge on any atom is -0.313 e. The second-order valence-corrected chi connectivity index (χ2v) is 5.31. The Hall–Kier alpha value is -0.890. The number of halogens is 1. The van der Waals surface area contributed by atoms with Gasteiger partial charge in [-0.2, -0.15) is 0 Å². The molecule has 0 aliphatic carbocycles.